The van der Waals surface area contributed by atoms with Gasteiger partial charge in [-0.3, -0.25) is 9.98 Å². The number of nitriles is 1. The van der Waals surface area contributed by atoms with Crippen LogP contribution < -0.4 is 9.47 Å². The molecular formula is C60H52N4O2. The predicted molar refractivity (Wildman–Crippen MR) is 275 cm³/mol. The fraction of sp³-hybridized carbons (Fsp3) is 0.0667. The Hall–Kier alpha value is -8.66. The van der Waals surface area contributed by atoms with Gasteiger partial charge in [-0.15, -0.1) is 0 Å². The normalized spacial score (nSPS) is 11.3. The zero-order valence-electron chi connectivity index (χ0n) is 37.2. The lowest BCUT2D eigenvalue weighted by Gasteiger charge is -2.34. The van der Waals surface area contributed by atoms with Crippen molar-refractivity contribution in [2.24, 2.45) is 9.98 Å². The minimum absolute atomic E-state index is 0.471. The van der Waals surface area contributed by atoms with E-state index in [0.717, 1.165) is 45.9 Å². The van der Waals surface area contributed by atoms with Crippen LogP contribution in [0.5, 0.6) is 23.0 Å². The topological polar surface area (TPSA) is 90.8 Å². The van der Waals surface area contributed by atoms with Crippen molar-refractivity contribution in [3.05, 3.63) is 264 Å². The molecule has 1 heterocycles. The quantitative estimate of drug-likeness (QED) is 0.122. The van der Waals surface area contributed by atoms with Crippen molar-refractivity contribution in [1.82, 2.24) is 0 Å². The first kappa shape index (κ1) is 46.8. The van der Waals surface area contributed by atoms with E-state index in [0.29, 0.717) is 23.6 Å². The van der Waals surface area contributed by atoms with Gasteiger partial charge in [-0.25, -0.2) is 0 Å². The molecule has 0 saturated heterocycles. The molecule has 324 valence electrons. The highest BCUT2D eigenvalue weighted by Gasteiger charge is 2.48. The lowest BCUT2D eigenvalue weighted by atomic mass is 9.68. The summed E-state index contributed by atoms with van der Waals surface area (Å²) in [5.41, 5.74) is 13.1. The van der Waals surface area contributed by atoms with Crippen molar-refractivity contribution < 1.29 is 9.47 Å². The zero-order chi connectivity index (χ0) is 46.7. The van der Waals surface area contributed by atoms with E-state index in [1.54, 1.807) is 12.2 Å². The zero-order valence-corrected chi connectivity index (χ0v) is 37.2. The fourth-order valence-electron chi connectivity index (χ4n) is 8.14. The molecule has 8 aromatic carbocycles. The number of aryl methyl sites for hydroxylation is 1. The average Bonchev–Trinajstić information content (AvgIpc) is 3.69. The van der Waals surface area contributed by atoms with Crippen LogP contribution in [0, 0.1) is 23.7 Å². The summed E-state index contributed by atoms with van der Waals surface area (Å²) in [5.74, 6) is 2.89. The summed E-state index contributed by atoms with van der Waals surface area (Å²) < 4.78 is 13.0. The highest BCUT2D eigenvalue weighted by molar-refractivity contribution is 5.92. The van der Waals surface area contributed by atoms with Crippen LogP contribution in [-0.2, 0) is 18.5 Å². The number of nitrogens with zero attached hydrogens (tertiary/aromatic N) is 3. The molecule has 8 aromatic rings. The number of rotatable bonds is 8. The number of ether oxygens (including phenoxy) is 2. The van der Waals surface area contributed by atoms with Crippen LogP contribution in [0.25, 0.3) is 22.3 Å². The van der Waals surface area contributed by atoms with Crippen molar-refractivity contribution in [3.63, 3.8) is 0 Å². The second kappa shape index (κ2) is 23.1. The molecule has 1 aliphatic heterocycles. The number of fused-ring (bicyclic) bond motifs is 6. The van der Waals surface area contributed by atoms with Crippen molar-refractivity contribution >= 4 is 20.2 Å². The van der Waals surface area contributed by atoms with Crippen LogP contribution in [0.3, 0.4) is 0 Å². The van der Waals surface area contributed by atoms with Gasteiger partial charge >= 0.3 is 0 Å². The van der Waals surface area contributed by atoms with E-state index in [2.05, 4.69) is 165 Å². The minimum atomic E-state index is -0.471. The van der Waals surface area contributed by atoms with Gasteiger partial charge in [0.15, 0.2) is 23.0 Å². The molecule has 0 amide bonds. The summed E-state index contributed by atoms with van der Waals surface area (Å²) in [4.78, 5) is 7.78. The maximum absolute atomic E-state index is 8.81. The Kier molecular flexibility index (Phi) is 16.4. The summed E-state index contributed by atoms with van der Waals surface area (Å²) in [6, 6.07) is 68.5. The molecule has 6 heteroatoms. The van der Waals surface area contributed by atoms with Crippen LogP contribution >= 0.6 is 0 Å². The van der Waals surface area contributed by atoms with Gasteiger partial charge in [0.25, 0.3) is 0 Å². The molecule has 0 unspecified atom stereocenters. The van der Waals surface area contributed by atoms with Crippen molar-refractivity contribution in [3.8, 4) is 51.3 Å². The maximum atomic E-state index is 8.81. The molecule has 6 nitrogen and oxygen atoms in total. The summed E-state index contributed by atoms with van der Waals surface area (Å²) in [6.45, 7) is 19.6. The van der Waals surface area contributed by atoms with Gasteiger partial charge in [0, 0.05) is 5.56 Å². The molecule has 2 aliphatic rings. The number of aliphatic imine (C=N–C) groups is 2. The highest BCUT2D eigenvalue weighted by atomic mass is 16.6. The van der Waals surface area contributed by atoms with Gasteiger partial charge in [-0.2, -0.15) is 5.26 Å². The average molecular weight is 861 g/mol. The van der Waals surface area contributed by atoms with E-state index in [1.807, 2.05) is 84.9 Å². The van der Waals surface area contributed by atoms with Crippen molar-refractivity contribution in [2.45, 2.75) is 25.4 Å². The third-order valence-corrected chi connectivity index (χ3v) is 10.9. The molecule has 1 N–H and O–H groups in total. The first-order valence-electron chi connectivity index (χ1n) is 21.4. The Morgan fingerprint density at radius 1 is 0.545 bits per heavy atom. The van der Waals surface area contributed by atoms with E-state index >= 15 is 0 Å². The Bertz CT molecular complexity index is 2910. The third-order valence-electron chi connectivity index (χ3n) is 10.9. The number of benzene rings is 8. The van der Waals surface area contributed by atoms with Gasteiger partial charge in [0.1, 0.15) is 0 Å². The maximum Gasteiger partial charge on any atom is 0.178 e. The molecule has 0 bridgehead atoms. The monoisotopic (exact) mass is 860 g/mol. The van der Waals surface area contributed by atoms with Crippen molar-refractivity contribution in [2.75, 3.05) is 0 Å². The summed E-state index contributed by atoms with van der Waals surface area (Å²) in [5, 5.41) is 14.3. The number of nitrogens with one attached hydrogen (secondary N) is 1. The van der Waals surface area contributed by atoms with Crippen LogP contribution in [0.2, 0.25) is 0 Å². The van der Waals surface area contributed by atoms with Gasteiger partial charge < -0.3 is 14.9 Å². The third kappa shape index (κ3) is 10.4. The van der Waals surface area contributed by atoms with Gasteiger partial charge in [-0.1, -0.05) is 195 Å². The lowest BCUT2D eigenvalue weighted by molar-refractivity contribution is 0.360. The largest absolute Gasteiger partial charge is 0.449 e. The first-order chi connectivity index (χ1) is 32.4. The standard InChI is InChI=1S/C33H23NO2.C14H11N.C8H9N.C4H6.CH3N/c1-34-21-22-16-18-28-30(20-22)36-32-29(35-28)19-17-27-31(32)25-14-8-9-15-26(25)33(27,23-10-4-2-5-11-23)24-12-6-3-7-13-24;1-11-4-2-6-13(8-11)14-7-3-5-12(9-14)10-15;1-9-7-8-5-3-2-4-6-8;1-3-4-2;1-2/h2-20H,1,21H2;2-9H,1H3;2-6H,1,7H2;3-4H,1-2H2;2H,1H2. The Morgan fingerprint density at radius 2 is 1.11 bits per heavy atom. The van der Waals surface area contributed by atoms with E-state index in [-0.39, 0.29) is 0 Å². The molecule has 1 aliphatic carbocycles. The van der Waals surface area contributed by atoms with Crippen LogP contribution in [0.1, 0.15) is 44.5 Å². The molecule has 0 saturated carbocycles. The number of hydrogen-bond donors (Lipinski definition) is 1. The van der Waals surface area contributed by atoms with E-state index < -0.39 is 5.41 Å². The smallest absolute Gasteiger partial charge is 0.178 e. The fourth-order valence-corrected chi connectivity index (χ4v) is 8.14. The number of allylic oxidation sites excluding steroid dienone is 2. The molecule has 66 heavy (non-hydrogen) atoms. The van der Waals surface area contributed by atoms with Gasteiger partial charge in [0.2, 0.25) is 0 Å². The van der Waals surface area contributed by atoms with Crippen LogP contribution in [0.4, 0.5) is 0 Å². The van der Waals surface area contributed by atoms with Gasteiger partial charge in [-0.05, 0) is 107 Å². The van der Waals surface area contributed by atoms with Crippen LogP contribution in [-0.4, -0.2) is 20.2 Å². The molecule has 10 rings (SSSR count). The Labute approximate surface area is 389 Å². The first-order valence-corrected chi connectivity index (χ1v) is 21.4. The molecule has 0 atom stereocenters. The molecule has 0 aromatic heterocycles. The summed E-state index contributed by atoms with van der Waals surface area (Å²) >= 11 is 0. The van der Waals surface area contributed by atoms with E-state index in [9.17, 15) is 0 Å². The second-order valence-electron chi connectivity index (χ2n) is 15.1. The lowest BCUT2D eigenvalue weighted by Crippen LogP contribution is -2.28. The molecule has 0 radical (unpaired) electrons. The van der Waals surface area contributed by atoms with Gasteiger partial charge in [0.05, 0.1) is 30.1 Å². The minimum Gasteiger partial charge on any atom is -0.449 e. The molecular weight excluding hydrogens is 809 g/mol. The van der Waals surface area contributed by atoms with E-state index in [4.69, 9.17) is 20.1 Å². The Morgan fingerprint density at radius 3 is 1.71 bits per heavy atom. The molecule has 0 fully saturated rings. The SMILES string of the molecule is C=CC=C.C=N.C=NCc1ccc2c(c1)Oc1c(ccc3c1-c1ccccc1C3(c1ccccc1)c1ccccc1)O2.C=NCc1ccccc1.Cc1cccc(-c2cccc(C#N)c2)c1. The predicted octanol–water partition coefficient (Wildman–Crippen LogP) is 15.2. The van der Waals surface area contributed by atoms with E-state index in [1.165, 1.54) is 33.4 Å². The van der Waals surface area contributed by atoms with Crippen LogP contribution in [0.15, 0.2) is 229 Å². The molecule has 0 spiro atoms. The highest BCUT2D eigenvalue weighted by Crippen LogP contribution is 2.62. The second-order valence-corrected chi connectivity index (χ2v) is 15.1. The number of hydrogen-bond acceptors (Lipinski definition) is 6. The Balaban J connectivity index is 0.000000196. The summed E-state index contributed by atoms with van der Waals surface area (Å²) in [7, 11) is 0. The van der Waals surface area contributed by atoms with Crippen molar-refractivity contribution in [1.29, 1.82) is 10.7 Å². The summed E-state index contributed by atoms with van der Waals surface area (Å²) in [6.07, 6.45) is 3.28.